The Hall–Kier alpha value is -3.35. The summed E-state index contributed by atoms with van der Waals surface area (Å²) in [7, 11) is 0. The molecule has 3 aromatic rings. The van der Waals surface area contributed by atoms with Gasteiger partial charge in [0.1, 0.15) is 24.7 Å². The Balaban J connectivity index is 1.23. The van der Waals surface area contributed by atoms with Crippen LogP contribution in [-0.4, -0.2) is 57.3 Å². The van der Waals surface area contributed by atoms with E-state index in [0.29, 0.717) is 25.6 Å². The quantitative estimate of drug-likeness (QED) is 0.536. The van der Waals surface area contributed by atoms with Crippen molar-refractivity contribution in [1.29, 1.82) is 0 Å². The van der Waals surface area contributed by atoms with Crippen LogP contribution in [0.3, 0.4) is 0 Å². The molecular weight excluding hydrogens is 440 g/mol. The van der Waals surface area contributed by atoms with Gasteiger partial charge in [0, 0.05) is 32.1 Å². The first-order valence-electron chi connectivity index (χ1n) is 12.9. The lowest BCUT2D eigenvalue weighted by atomic mass is 9.95. The summed E-state index contributed by atoms with van der Waals surface area (Å²) in [5.74, 6) is 1.90. The number of rotatable bonds is 6. The molecule has 0 unspecified atom stereocenters. The lowest BCUT2D eigenvalue weighted by molar-refractivity contribution is -0.141. The summed E-state index contributed by atoms with van der Waals surface area (Å²) in [6.45, 7) is 3.55. The Kier molecular flexibility index (Phi) is 7.31. The zero-order valence-corrected chi connectivity index (χ0v) is 20.3. The number of piperidine rings is 1. The molecule has 2 aliphatic heterocycles. The SMILES string of the molecule is O=C(Cn1c(COc2ccccc2)nc2ccccc21)N1CCC(C(=O)N2CCCCCC2)CC1. The molecule has 2 aliphatic rings. The average molecular weight is 475 g/mol. The molecule has 0 aliphatic carbocycles. The molecule has 3 heterocycles. The van der Waals surface area contributed by atoms with Gasteiger partial charge in [0.05, 0.1) is 11.0 Å². The van der Waals surface area contributed by atoms with Gasteiger partial charge in [-0.2, -0.15) is 0 Å². The number of likely N-dealkylation sites (tertiary alicyclic amines) is 2. The van der Waals surface area contributed by atoms with E-state index in [9.17, 15) is 9.59 Å². The number of hydrogen-bond donors (Lipinski definition) is 0. The van der Waals surface area contributed by atoms with Crippen molar-refractivity contribution in [2.24, 2.45) is 5.92 Å². The molecule has 2 aromatic carbocycles. The van der Waals surface area contributed by atoms with E-state index >= 15 is 0 Å². The van der Waals surface area contributed by atoms with Crippen molar-refractivity contribution in [3.63, 3.8) is 0 Å². The first-order valence-corrected chi connectivity index (χ1v) is 12.9. The van der Waals surface area contributed by atoms with Crippen LogP contribution in [0.2, 0.25) is 0 Å². The molecule has 35 heavy (non-hydrogen) atoms. The van der Waals surface area contributed by atoms with Crippen molar-refractivity contribution >= 4 is 22.8 Å². The first kappa shape index (κ1) is 23.4. The Bertz CT molecular complexity index is 1140. The van der Waals surface area contributed by atoms with Crippen LogP contribution < -0.4 is 4.74 Å². The molecule has 0 atom stereocenters. The van der Waals surface area contributed by atoms with Crippen LogP contribution in [0.15, 0.2) is 54.6 Å². The molecule has 2 amide bonds. The molecule has 0 bridgehead atoms. The fourth-order valence-corrected chi connectivity index (χ4v) is 5.24. The standard InChI is InChI=1S/C28H34N4O3/c33-27(30-18-14-22(15-19-30)28(34)31-16-8-1-2-9-17-31)20-32-25-13-7-6-12-24(25)29-26(32)21-35-23-10-4-3-5-11-23/h3-7,10-13,22H,1-2,8-9,14-21H2. The van der Waals surface area contributed by atoms with Gasteiger partial charge in [-0.3, -0.25) is 9.59 Å². The second-order valence-corrected chi connectivity index (χ2v) is 9.60. The molecule has 0 spiro atoms. The molecule has 5 rings (SSSR count). The smallest absolute Gasteiger partial charge is 0.242 e. The van der Waals surface area contributed by atoms with E-state index in [1.165, 1.54) is 12.8 Å². The van der Waals surface area contributed by atoms with Crippen LogP contribution in [0.5, 0.6) is 5.75 Å². The molecular formula is C28H34N4O3. The number of hydrogen-bond acceptors (Lipinski definition) is 4. The topological polar surface area (TPSA) is 67.7 Å². The van der Waals surface area contributed by atoms with E-state index in [0.717, 1.165) is 61.4 Å². The van der Waals surface area contributed by atoms with Crippen molar-refractivity contribution in [1.82, 2.24) is 19.4 Å². The maximum Gasteiger partial charge on any atom is 0.242 e. The second-order valence-electron chi connectivity index (χ2n) is 9.60. The number of amides is 2. The van der Waals surface area contributed by atoms with Crippen LogP contribution in [0.1, 0.15) is 44.3 Å². The van der Waals surface area contributed by atoms with Crippen LogP contribution in [0.25, 0.3) is 11.0 Å². The predicted octanol–water partition coefficient (Wildman–Crippen LogP) is 4.26. The fourth-order valence-electron chi connectivity index (χ4n) is 5.24. The minimum Gasteiger partial charge on any atom is -0.486 e. The van der Waals surface area contributed by atoms with Crippen LogP contribution in [0, 0.1) is 5.92 Å². The Morgan fingerprint density at radius 2 is 1.51 bits per heavy atom. The summed E-state index contributed by atoms with van der Waals surface area (Å²) in [6.07, 6.45) is 6.15. The monoisotopic (exact) mass is 474 g/mol. The summed E-state index contributed by atoms with van der Waals surface area (Å²) in [6, 6.07) is 17.5. The summed E-state index contributed by atoms with van der Waals surface area (Å²) in [5, 5.41) is 0. The minimum absolute atomic E-state index is 0.0426. The Morgan fingerprint density at radius 3 is 2.26 bits per heavy atom. The zero-order chi connectivity index (χ0) is 24.0. The van der Waals surface area contributed by atoms with Gasteiger partial charge in [-0.15, -0.1) is 0 Å². The molecule has 0 N–H and O–H groups in total. The second kappa shape index (κ2) is 10.9. The average Bonchev–Trinajstić information content (AvgIpc) is 3.06. The summed E-state index contributed by atoms with van der Waals surface area (Å²) < 4.78 is 7.91. The molecule has 0 radical (unpaired) electrons. The number of carbonyl (C=O) groups is 2. The van der Waals surface area contributed by atoms with Crippen molar-refractivity contribution in [2.75, 3.05) is 26.2 Å². The number of carbonyl (C=O) groups excluding carboxylic acids is 2. The molecule has 7 heteroatoms. The highest BCUT2D eigenvalue weighted by Gasteiger charge is 2.30. The number of ether oxygens (including phenoxy) is 1. The largest absolute Gasteiger partial charge is 0.486 e. The van der Waals surface area contributed by atoms with E-state index in [2.05, 4.69) is 4.90 Å². The van der Waals surface area contributed by atoms with E-state index in [1.54, 1.807) is 0 Å². The lowest BCUT2D eigenvalue weighted by Gasteiger charge is -2.34. The van der Waals surface area contributed by atoms with Crippen LogP contribution in [-0.2, 0) is 22.7 Å². The van der Waals surface area contributed by atoms with Crippen molar-refractivity contribution in [3.05, 3.63) is 60.4 Å². The first-order chi connectivity index (χ1) is 17.2. The van der Waals surface area contributed by atoms with E-state index in [1.807, 2.05) is 64.1 Å². The van der Waals surface area contributed by atoms with Crippen molar-refractivity contribution in [2.45, 2.75) is 51.7 Å². The normalized spacial score (nSPS) is 17.4. The number of fused-ring (bicyclic) bond motifs is 1. The lowest BCUT2D eigenvalue weighted by Crippen LogP contribution is -2.45. The summed E-state index contributed by atoms with van der Waals surface area (Å²) >= 11 is 0. The summed E-state index contributed by atoms with van der Waals surface area (Å²) in [5.41, 5.74) is 1.78. The highest BCUT2D eigenvalue weighted by Crippen LogP contribution is 2.23. The van der Waals surface area contributed by atoms with Crippen LogP contribution in [0.4, 0.5) is 0 Å². The fraction of sp³-hybridized carbons (Fsp3) is 0.464. The molecule has 1 aromatic heterocycles. The van der Waals surface area contributed by atoms with Gasteiger partial charge in [0.15, 0.2) is 0 Å². The summed E-state index contributed by atoms with van der Waals surface area (Å²) in [4.78, 5) is 35.0. The third-order valence-corrected chi connectivity index (χ3v) is 7.25. The third kappa shape index (κ3) is 5.50. The van der Waals surface area contributed by atoms with E-state index < -0.39 is 0 Å². The van der Waals surface area contributed by atoms with Crippen LogP contribution >= 0.6 is 0 Å². The predicted molar refractivity (Wildman–Crippen MR) is 135 cm³/mol. The van der Waals surface area contributed by atoms with Gasteiger partial charge in [0.25, 0.3) is 0 Å². The number of imidazole rings is 1. The van der Waals surface area contributed by atoms with Gasteiger partial charge >= 0.3 is 0 Å². The minimum atomic E-state index is 0.0426. The molecule has 7 nitrogen and oxygen atoms in total. The van der Waals surface area contributed by atoms with Gasteiger partial charge in [0.2, 0.25) is 11.8 Å². The van der Waals surface area contributed by atoms with Gasteiger partial charge in [-0.1, -0.05) is 43.2 Å². The maximum atomic E-state index is 13.3. The molecule has 2 saturated heterocycles. The van der Waals surface area contributed by atoms with E-state index in [-0.39, 0.29) is 18.4 Å². The number of aromatic nitrogens is 2. The maximum absolute atomic E-state index is 13.3. The highest BCUT2D eigenvalue weighted by molar-refractivity contribution is 5.82. The van der Waals surface area contributed by atoms with Gasteiger partial charge < -0.3 is 19.1 Å². The Morgan fingerprint density at radius 1 is 0.829 bits per heavy atom. The molecule has 2 fully saturated rings. The van der Waals surface area contributed by atoms with Gasteiger partial charge in [-0.25, -0.2) is 4.98 Å². The van der Waals surface area contributed by atoms with Crippen molar-refractivity contribution in [3.8, 4) is 5.75 Å². The van der Waals surface area contributed by atoms with Gasteiger partial charge in [-0.05, 0) is 49.9 Å². The molecule has 0 saturated carbocycles. The molecule has 184 valence electrons. The third-order valence-electron chi connectivity index (χ3n) is 7.25. The highest BCUT2D eigenvalue weighted by atomic mass is 16.5. The number of para-hydroxylation sites is 3. The number of benzene rings is 2. The van der Waals surface area contributed by atoms with E-state index in [4.69, 9.17) is 9.72 Å². The van der Waals surface area contributed by atoms with Crippen molar-refractivity contribution < 1.29 is 14.3 Å². The zero-order valence-electron chi connectivity index (χ0n) is 20.3. The Labute approximate surface area is 206 Å². The number of nitrogens with zero attached hydrogens (tertiary/aromatic N) is 4.